The van der Waals surface area contributed by atoms with Gasteiger partial charge in [0.1, 0.15) is 5.75 Å². The van der Waals surface area contributed by atoms with E-state index < -0.39 is 0 Å². The SMILES string of the molecule is CCCOc1cc(N)cc(SC2CCCC(C)C2)c1. The van der Waals surface area contributed by atoms with Crippen LogP contribution in [0.1, 0.15) is 46.0 Å². The van der Waals surface area contributed by atoms with Crippen LogP contribution >= 0.6 is 11.8 Å². The largest absolute Gasteiger partial charge is 0.493 e. The van der Waals surface area contributed by atoms with Crippen LogP contribution < -0.4 is 10.5 Å². The number of hydrogen-bond donors (Lipinski definition) is 1. The summed E-state index contributed by atoms with van der Waals surface area (Å²) >= 11 is 1.97. The van der Waals surface area contributed by atoms with Crippen LogP contribution in [0.25, 0.3) is 0 Å². The van der Waals surface area contributed by atoms with Crippen molar-refractivity contribution in [2.45, 2.75) is 56.1 Å². The number of ether oxygens (including phenoxy) is 1. The first-order chi connectivity index (χ1) is 9.17. The summed E-state index contributed by atoms with van der Waals surface area (Å²) in [4.78, 5) is 1.25. The van der Waals surface area contributed by atoms with Crippen molar-refractivity contribution in [1.82, 2.24) is 0 Å². The van der Waals surface area contributed by atoms with E-state index in [4.69, 9.17) is 10.5 Å². The molecule has 0 spiro atoms. The molecule has 0 saturated heterocycles. The first-order valence-corrected chi connectivity index (χ1v) is 8.25. The normalized spacial score (nSPS) is 23.3. The Morgan fingerprint density at radius 1 is 1.32 bits per heavy atom. The smallest absolute Gasteiger partial charge is 0.122 e. The predicted molar refractivity (Wildman–Crippen MR) is 83.9 cm³/mol. The lowest BCUT2D eigenvalue weighted by Crippen LogP contribution is -2.14. The van der Waals surface area contributed by atoms with Gasteiger partial charge in [-0.05, 0) is 37.3 Å². The third kappa shape index (κ3) is 4.64. The van der Waals surface area contributed by atoms with Gasteiger partial charge in [-0.25, -0.2) is 0 Å². The molecule has 19 heavy (non-hydrogen) atoms. The summed E-state index contributed by atoms with van der Waals surface area (Å²) in [6, 6.07) is 6.13. The molecule has 1 fully saturated rings. The van der Waals surface area contributed by atoms with E-state index >= 15 is 0 Å². The molecule has 3 heteroatoms. The van der Waals surface area contributed by atoms with Gasteiger partial charge in [0.25, 0.3) is 0 Å². The average molecular weight is 279 g/mol. The van der Waals surface area contributed by atoms with Crippen molar-refractivity contribution in [3.63, 3.8) is 0 Å². The van der Waals surface area contributed by atoms with Gasteiger partial charge in [-0.1, -0.05) is 26.7 Å². The molecular weight excluding hydrogens is 254 g/mol. The van der Waals surface area contributed by atoms with Crippen molar-refractivity contribution < 1.29 is 4.74 Å². The maximum atomic E-state index is 5.97. The van der Waals surface area contributed by atoms with Gasteiger partial charge >= 0.3 is 0 Å². The molecule has 1 aromatic rings. The molecule has 1 saturated carbocycles. The van der Waals surface area contributed by atoms with Gasteiger partial charge in [0.15, 0.2) is 0 Å². The molecule has 2 rings (SSSR count). The second kappa shape index (κ2) is 7.09. The number of thioether (sulfide) groups is 1. The Hall–Kier alpha value is -0.830. The molecule has 2 atom stereocenters. The summed E-state index contributed by atoms with van der Waals surface area (Å²) in [5, 5.41) is 0.740. The lowest BCUT2D eigenvalue weighted by Gasteiger charge is -2.26. The Kier molecular flexibility index (Phi) is 5.44. The lowest BCUT2D eigenvalue weighted by molar-refractivity contribution is 0.317. The molecule has 1 aliphatic rings. The minimum atomic E-state index is 0.740. The number of nitrogens with two attached hydrogens (primary N) is 1. The lowest BCUT2D eigenvalue weighted by atomic mass is 9.91. The van der Waals surface area contributed by atoms with Crippen LogP contribution in [0.15, 0.2) is 23.1 Å². The number of anilines is 1. The van der Waals surface area contributed by atoms with Crippen molar-refractivity contribution in [2.24, 2.45) is 5.92 Å². The highest BCUT2D eigenvalue weighted by molar-refractivity contribution is 8.00. The molecule has 0 radical (unpaired) electrons. The van der Waals surface area contributed by atoms with Gasteiger partial charge in [-0.3, -0.25) is 0 Å². The van der Waals surface area contributed by atoms with Crippen LogP contribution in [0, 0.1) is 5.92 Å². The van der Waals surface area contributed by atoms with Crippen LogP contribution in [0.2, 0.25) is 0 Å². The quantitative estimate of drug-likeness (QED) is 0.791. The average Bonchev–Trinajstić information content (AvgIpc) is 2.35. The van der Waals surface area contributed by atoms with Gasteiger partial charge in [0.2, 0.25) is 0 Å². The Bertz CT molecular complexity index is 408. The number of nitrogen functional groups attached to an aromatic ring is 1. The number of benzene rings is 1. The van der Waals surface area contributed by atoms with Crippen molar-refractivity contribution in [3.8, 4) is 5.75 Å². The first kappa shape index (κ1) is 14.6. The van der Waals surface area contributed by atoms with E-state index in [1.807, 2.05) is 17.8 Å². The molecule has 0 bridgehead atoms. The van der Waals surface area contributed by atoms with Crippen molar-refractivity contribution in [1.29, 1.82) is 0 Å². The third-order valence-electron chi connectivity index (χ3n) is 3.57. The van der Waals surface area contributed by atoms with E-state index in [9.17, 15) is 0 Å². The molecule has 2 unspecified atom stereocenters. The molecule has 0 aromatic heterocycles. The van der Waals surface area contributed by atoms with Gasteiger partial charge < -0.3 is 10.5 Å². The summed E-state index contributed by atoms with van der Waals surface area (Å²) in [5.74, 6) is 1.77. The Morgan fingerprint density at radius 3 is 2.89 bits per heavy atom. The van der Waals surface area contributed by atoms with E-state index in [1.165, 1.54) is 30.6 Å². The number of hydrogen-bond acceptors (Lipinski definition) is 3. The third-order valence-corrected chi connectivity index (χ3v) is 4.84. The standard InChI is InChI=1S/C16H25NOS/c1-3-7-18-14-9-13(17)10-16(11-14)19-15-6-4-5-12(2)8-15/h9-12,15H,3-8,17H2,1-2H3. The van der Waals surface area contributed by atoms with Crippen molar-refractivity contribution >= 4 is 17.4 Å². The fourth-order valence-electron chi connectivity index (χ4n) is 2.64. The fraction of sp³-hybridized carbons (Fsp3) is 0.625. The minimum Gasteiger partial charge on any atom is -0.493 e. The molecule has 0 heterocycles. The Morgan fingerprint density at radius 2 is 2.16 bits per heavy atom. The second-order valence-electron chi connectivity index (χ2n) is 5.60. The molecule has 0 amide bonds. The molecule has 1 aromatic carbocycles. The van der Waals surface area contributed by atoms with Crippen LogP contribution in [0.5, 0.6) is 5.75 Å². The zero-order valence-electron chi connectivity index (χ0n) is 12.0. The molecule has 0 aliphatic heterocycles. The second-order valence-corrected chi connectivity index (χ2v) is 6.97. The van der Waals surface area contributed by atoms with Crippen molar-refractivity contribution in [2.75, 3.05) is 12.3 Å². The highest BCUT2D eigenvalue weighted by Gasteiger charge is 2.20. The van der Waals surface area contributed by atoms with E-state index in [1.54, 1.807) is 0 Å². The van der Waals surface area contributed by atoms with Gasteiger partial charge in [0.05, 0.1) is 6.61 Å². The molecular formula is C16H25NOS. The maximum absolute atomic E-state index is 5.97. The van der Waals surface area contributed by atoms with Crippen LogP contribution in [0.3, 0.4) is 0 Å². The highest BCUT2D eigenvalue weighted by atomic mass is 32.2. The van der Waals surface area contributed by atoms with Gasteiger partial charge in [0, 0.05) is 21.9 Å². The van der Waals surface area contributed by atoms with E-state index in [0.29, 0.717) is 0 Å². The van der Waals surface area contributed by atoms with Gasteiger partial charge in [-0.2, -0.15) is 0 Å². The molecule has 2 N–H and O–H groups in total. The summed E-state index contributed by atoms with van der Waals surface area (Å²) in [6.45, 7) is 5.24. The Balaban J connectivity index is 2.00. The summed E-state index contributed by atoms with van der Waals surface area (Å²) < 4.78 is 5.69. The maximum Gasteiger partial charge on any atom is 0.122 e. The van der Waals surface area contributed by atoms with Crippen molar-refractivity contribution in [3.05, 3.63) is 18.2 Å². The van der Waals surface area contributed by atoms with E-state index in [0.717, 1.165) is 35.6 Å². The first-order valence-electron chi connectivity index (χ1n) is 7.37. The number of rotatable bonds is 5. The van der Waals surface area contributed by atoms with E-state index in [2.05, 4.69) is 26.0 Å². The van der Waals surface area contributed by atoms with Crippen LogP contribution in [-0.4, -0.2) is 11.9 Å². The molecule has 106 valence electrons. The monoisotopic (exact) mass is 279 g/mol. The summed E-state index contributed by atoms with van der Waals surface area (Å²) in [7, 11) is 0. The highest BCUT2D eigenvalue weighted by Crippen LogP contribution is 2.37. The minimum absolute atomic E-state index is 0.740. The zero-order chi connectivity index (χ0) is 13.7. The summed E-state index contributed by atoms with van der Waals surface area (Å²) in [5.41, 5.74) is 6.78. The molecule has 2 nitrogen and oxygen atoms in total. The molecule has 1 aliphatic carbocycles. The Labute approximate surface area is 121 Å². The van der Waals surface area contributed by atoms with Crippen LogP contribution in [-0.2, 0) is 0 Å². The van der Waals surface area contributed by atoms with Gasteiger partial charge in [-0.15, -0.1) is 11.8 Å². The van der Waals surface area contributed by atoms with Crippen LogP contribution in [0.4, 0.5) is 5.69 Å². The topological polar surface area (TPSA) is 35.2 Å². The summed E-state index contributed by atoms with van der Waals surface area (Å²) in [6.07, 6.45) is 6.43. The predicted octanol–water partition coefficient (Wildman–Crippen LogP) is 4.73. The fourth-order valence-corrected chi connectivity index (χ4v) is 4.13. The van der Waals surface area contributed by atoms with E-state index in [-0.39, 0.29) is 0 Å². The zero-order valence-corrected chi connectivity index (χ0v) is 12.8.